The molecule has 0 aromatic carbocycles. The van der Waals surface area contributed by atoms with Crippen molar-refractivity contribution in [3.05, 3.63) is 0 Å². The molecule has 102 valence electrons. The highest BCUT2D eigenvalue weighted by molar-refractivity contribution is 7.99. The predicted octanol–water partition coefficient (Wildman–Crippen LogP) is -0.604. The second-order valence-electron chi connectivity index (χ2n) is 4.83. The fraction of sp³-hybridized carbons (Fsp3) is 0.818. The molecule has 0 aliphatic carbocycles. The van der Waals surface area contributed by atoms with Gasteiger partial charge in [-0.2, -0.15) is 0 Å². The number of piperidine rings is 1. The Morgan fingerprint density at radius 1 is 1.33 bits per heavy atom. The number of carbonyl (C=O) groups is 2. The molecule has 0 radical (unpaired) electrons. The Balaban J connectivity index is 1.86. The van der Waals surface area contributed by atoms with E-state index in [1.165, 1.54) is 16.7 Å². The number of rotatable bonds is 3. The first-order valence-corrected chi connectivity index (χ1v) is 7.31. The van der Waals surface area contributed by atoms with Crippen LogP contribution in [-0.4, -0.2) is 70.1 Å². The van der Waals surface area contributed by atoms with Crippen molar-refractivity contribution < 1.29 is 14.7 Å². The number of carboxylic acids is 1. The Kier molecular flexibility index (Phi) is 4.47. The topological polar surface area (TPSA) is 86.9 Å². The van der Waals surface area contributed by atoms with E-state index in [0.29, 0.717) is 18.2 Å². The second-order valence-corrected chi connectivity index (χ2v) is 5.83. The molecule has 2 aliphatic heterocycles. The van der Waals surface area contributed by atoms with Gasteiger partial charge in [-0.3, -0.25) is 9.69 Å². The molecule has 6 nitrogen and oxygen atoms in total. The number of thioether (sulfide) groups is 1. The molecule has 2 saturated heterocycles. The van der Waals surface area contributed by atoms with Crippen molar-refractivity contribution in [3.8, 4) is 0 Å². The number of hydrogen-bond acceptors (Lipinski definition) is 5. The summed E-state index contributed by atoms with van der Waals surface area (Å²) in [6.45, 7) is 1.97. The Labute approximate surface area is 110 Å². The lowest BCUT2D eigenvalue weighted by Crippen LogP contribution is -2.48. The fourth-order valence-corrected chi connectivity index (χ4v) is 3.46. The second kappa shape index (κ2) is 5.90. The molecule has 18 heavy (non-hydrogen) atoms. The van der Waals surface area contributed by atoms with Crippen molar-refractivity contribution in [2.75, 3.05) is 31.3 Å². The SMILES string of the molecule is NC1CCN(CC(=O)N2CSCC2C(=O)O)CC1. The standard InChI is InChI=1S/C11H19N3O3S/c12-8-1-3-13(4-2-8)5-10(15)14-7-18-6-9(14)11(16)17/h8-9H,1-7,12H2,(H,16,17). The van der Waals surface area contributed by atoms with Gasteiger partial charge in [0.15, 0.2) is 0 Å². The van der Waals surface area contributed by atoms with Crippen molar-refractivity contribution in [3.63, 3.8) is 0 Å². The maximum atomic E-state index is 12.1. The first-order valence-electron chi connectivity index (χ1n) is 6.16. The molecule has 0 aromatic rings. The van der Waals surface area contributed by atoms with E-state index in [4.69, 9.17) is 10.8 Å². The number of nitrogens with zero attached hydrogens (tertiary/aromatic N) is 2. The predicted molar refractivity (Wildman–Crippen MR) is 69.2 cm³/mol. The quantitative estimate of drug-likeness (QED) is 0.714. The molecule has 3 N–H and O–H groups in total. The maximum absolute atomic E-state index is 12.1. The van der Waals surface area contributed by atoms with E-state index in [0.717, 1.165) is 25.9 Å². The molecule has 1 atom stereocenters. The smallest absolute Gasteiger partial charge is 0.327 e. The van der Waals surface area contributed by atoms with Gasteiger partial charge in [0.2, 0.25) is 5.91 Å². The van der Waals surface area contributed by atoms with Crippen LogP contribution in [0.2, 0.25) is 0 Å². The highest BCUT2D eigenvalue weighted by Gasteiger charge is 2.35. The van der Waals surface area contributed by atoms with Crippen LogP contribution < -0.4 is 5.73 Å². The molecule has 7 heteroatoms. The molecule has 0 aromatic heterocycles. The van der Waals surface area contributed by atoms with Gasteiger partial charge < -0.3 is 15.7 Å². The molecular weight excluding hydrogens is 254 g/mol. The van der Waals surface area contributed by atoms with Gasteiger partial charge in [-0.05, 0) is 12.8 Å². The number of aliphatic carboxylic acids is 1. The zero-order valence-electron chi connectivity index (χ0n) is 10.2. The van der Waals surface area contributed by atoms with Gasteiger partial charge in [-0.1, -0.05) is 0 Å². The molecule has 2 heterocycles. The van der Waals surface area contributed by atoms with Crippen LogP contribution in [0.15, 0.2) is 0 Å². The summed E-state index contributed by atoms with van der Waals surface area (Å²) in [6, 6.07) is -0.417. The lowest BCUT2D eigenvalue weighted by molar-refractivity contribution is -0.148. The van der Waals surface area contributed by atoms with Gasteiger partial charge in [-0.15, -0.1) is 11.8 Å². The van der Waals surface area contributed by atoms with Crippen molar-refractivity contribution in [2.24, 2.45) is 5.73 Å². The van der Waals surface area contributed by atoms with Crippen molar-refractivity contribution in [1.29, 1.82) is 0 Å². The minimum atomic E-state index is -0.908. The summed E-state index contributed by atoms with van der Waals surface area (Å²) in [4.78, 5) is 26.6. The fourth-order valence-electron chi connectivity index (χ4n) is 2.29. The van der Waals surface area contributed by atoms with E-state index < -0.39 is 12.0 Å². The Morgan fingerprint density at radius 2 is 2.00 bits per heavy atom. The van der Waals surface area contributed by atoms with Crippen LogP contribution in [0.1, 0.15) is 12.8 Å². The summed E-state index contributed by atoms with van der Waals surface area (Å²) in [5, 5.41) is 9.04. The number of amides is 1. The van der Waals surface area contributed by atoms with Gasteiger partial charge in [0.25, 0.3) is 0 Å². The van der Waals surface area contributed by atoms with Crippen LogP contribution in [0.25, 0.3) is 0 Å². The number of carboxylic acid groups (broad SMARTS) is 1. The van der Waals surface area contributed by atoms with Crippen LogP contribution in [0.3, 0.4) is 0 Å². The van der Waals surface area contributed by atoms with Gasteiger partial charge in [0.1, 0.15) is 6.04 Å². The minimum Gasteiger partial charge on any atom is -0.480 e. The average molecular weight is 273 g/mol. The molecule has 0 saturated carbocycles. The van der Waals surface area contributed by atoms with Crippen LogP contribution in [0, 0.1) is 0 Å². The first kappa shape index (κ1) is 13.6. The van der Waals surface area contributed by atoms with Crippen LogP contribution in [0.5, 0.6) is 0 Å². The molecule has 1 amide bonds. The van der Waals surface area contributed by atoms with E-state index in [2.05, 4.69) is 4.90 Å². The van der Waals surface area contributed by atoms with Gasteiger partial charge in [-0.25, -0.2) is 4.79 Å². The summed E-state index contributed by atoms with van der Waals surface area (Å²) in [6.07, 6.45) is 1.81. The van der Waals surface area contributed by atoms with E-state index >= 15 is 0 Å². The van der Waals surface area contributed by atoms with Crippen LogP contribution in [0.4, 0.5) is 0 Å². The Bertz CT molecular complexity index is 331. The Hall–Kier alpha value is -0.790. The molecular formula is C11H19N3O3S. The number of carbonyl (C=O) groups excluding carboxylic acids is 1. The Morgan fingerprint density at radius 3 is 2.61 bits per heavy atom. The minimum absolute atomic E-state index is 0.0807. The molecule has 0 bridgehead atoms. The van der Waals surface area contributed by atoms with Gasteiger partial charge in [0, 0.05) is 24.9 Å². The maximum Gasteiger partial charge on any atom is 0.327 e. The molecule has 2 rings (SSSR count). The lowest BCUT2D eigenvalue weighted by Gasteiger charge is -2.31. The molecule has 2 fully saturated rings. The van der Waals surface area contributed by atoms with Crippen LogP contribution in [-0.2, 0) is 9.59 Å². The van der Waals surface area contributed by atoms with Crippen molar-refractivity contribution >= 4 is 23.6 Å². The number of nitrogens with two attached hydrogens (primary N) is 1. The number of likely N-dealkylation sites (tertiary alicyclic amines) is 1. The zero-order valence-corrected chi connectivity index (χ0v) is 11.1. The van der Waals surface area contributed by atoms with E-state index in [1.54, 1.807) is 0 Å². The zero-order chi connectivity index (χ0) is 13.1. The lowest BCUT2D eigenvalue weighted by atomic mass is 10.1. The first-order chi connectivity index (χ1) is 8.58. The van der Waals surface area contributed by atoms with E-state index in [-0.39, 0.29) is 11.9 Å². The van der Waals surface area contributed by atoms with Crippen molar-refractivity contribution in [2.45, 2.75) is 24.9 Å². The largest absolute Gasteiger partial charge is 0.480 e. The summed E-state index contributed by atoms with van der Waals surface area (Å²) in [5.41, 5.74) is 5.81. The number of hydrogen-bond donors (Lipinski definition) is 2. The highest BCUT2D eigenvalue weighted by atomic mass is 32.2. The van der Waals surface area contributed by atoms with Crippen LogP contribution >= 0.6 is 11.8 Å². The highest BCUT2D eigenvalue weighted by Crippen LogP contribution is 2.21. The summed E-state index contributed by atoms with van der Waals surface area (Å²) in [7, 11) is 0. The van der Waals surface area contributed by atoms with Gasteiger partial charge in [0.05, 0.1) is 12.4 Å². The van der Waals surface area contributed by atoms with E-state index in [1.807, 2.05) is 0 Å². The summed E-state index contributed by atoms with van der Waals surface area (Å²) < 4.78 is 0. The third-order valence-corrected chi connectivity index (χ3v) is 4.49. The summed E-state index contributed by atoms with van der Waals surface area (Å²) >= 11 is 1.50. The molecule has 0 spiro atoms. The average Bonchev–Trinajstić information content (AvgIpc) is 2.81. The molecule has 2 aliphatic rings. The summed E-state index contributed by atoms with van der Waals surface area (Å²) in [5.74, 6) is -0.00774. The van der Waals surface area contributed by atoms with E-state index in [9.17, 15) is 9.59 Å². The third-order valence-electron chi connectivity index (χ3n) is 3.48. The monoisotopic (exact) mass is 273 g/mol. The molecule has 1 unspecified atom stereocenters. The normalized spacial score (nSPS) is 26.5. The van der Waals surface area contributed by atoms with Crippen molar-refractivity contribution in [1.82, 2.24) is 9.80 Å². The van der Waals surface area contributed by atoms with Gasteiger partial charge >= 0.3 is 5.97 Å². The third kappa shape index (κ3) is 3.15.